The van der Waals surface area contributed by atoms with Gasteiger partial charge in [0.15, 0.2) is 5.65 Å². The topological polar surface area (TPSA) is 55.6 Å². The first-order chi connectivity index (χ1) is 9.95. The van der Waals surface area contributed by atoms with Crippen molar-refractivity contribution in [2.75, 3.05) is 5.32 Å². The van der Waals surface area contributed by atoms with Crippen molar-refractivity contribution in [3.8, 4) is 0 Å². The summed E-state index contributed by atoms with van der Waals surface area (Å²) in [5.74, 6) is -0.670. The Bertz CT molecular complexity index is 636. The Morgan fingerprint density at radius 2 is 2.10 bits per heavy atom. The van der Waals surface area contributed by atoms with Crippen LogP contribution in [0.4, 0.5) is 19.0 Å². The second-order valence-electron chi connectivity index (χ2n) is 5.47. The minimum atomic E-state index is -4.12. The van der Waals surface area contributed by atoms with Crippen LogP contribution in [-0.2, 0) is 7.05 Å². The molecule has 0 radical (unpaired) electrons. The second-order valence-corrected chi connectivity index (χ2v) is 5.47. The maximum absolute atomic E-state index is 12.8. The maximum Gasteiger partial charge on any atom is 0.391 e. The van der Waals surface area contributed by atoms with Gasteiger partial charge in [0.1, 0.15) is 12.1 Å². The van der Waals surface area contributed by atoms with Gasteiger partial charge in [-0.05, 0) is 19.3 Å². The number of anilines is 1. The molecular formula is C13H16F3N5. The largest absolute Gasteiger partial charge is 0.391 e. The summed E-state index contributed by atoms with van der Waals surface area (Å²) in [7, 11) is 1.76. The van der Waals surface area contributed by atoms with Crippen LogP contribution < -0.4 is 5.32 Å². The number of alkyl halides is 3. The molecule has 21 heavy (non-hydrogen) atoms. The lowest BCUT2D eigenvalue weighted by Gasteiger charge is -2.31. The van der Waals surface area contributed by atoms with E-state index in [1.807, 2.05) is 0 Å². The van der Waals surface area contributed by atoms with Gasteiger partial charge in [0.05, 0.1) is 17.5 Å². The molecule has 1 aliphatic carbocycles. The van der Waals surface area contributed by atoms with Crippen LogP contribution in [-0.4, -0.2) is 32.0 Å². The maximum atomic E-state index is 12.8. The Hall–Kier alpha value is -1.86. The summed E-state index contributed by atoms with van der Waals surface area (Å²) in [5.41, 5.74) is 0.663. The van der Waals surface area contributed by atoms with E-state index in [-0.39, 0.29) is 18.9 Å². The quantitative estimate of drug-likeness (QED) is 0.926. The molecule has 2 aromatic rings. The van der Waals surface area contributed by atoms with Gasteiger partial charge >= 0.3 is 6.18 Å². The number of fused-ring (bicyclic) bond motifs is 1. The first-order valence-electron chi connectivity index (χ1n) is 6.91. The Labute approximate surface area is 119 Å². The summed E-state index contributed by atoms with van der Waals surface area (Å²) >= 11 is 0. The van der Waals surface area contributed by atoms with E-state index in [4.69, 9.17) is 0 Å². The smallest absolute Gasteiger partial charge is 0.367 e. The molecule has 0 spiro atoms. The highest BCUT2D eigenvalue weighted by molar-refractivity contribution is 5.86. The molecular weight excluding hydrogens is 283 g/mol. The van der Waals surface area contributed by atoms with Crippen LogP contribution in [0.15, 0.2) is 12.5 Å². The first kappa shape index (κ1) is 14.1. The lowest BCUT2D eigenvalue weighted by Crippen LogP contribution is -2.34. The predicted molar refractivity (Wildman–Crippen MR) is 71.7 cm³/mol. The predicted octanol–water partition coefficient (Wildman–Crippen LogP) is 2.90. The number of aromatic nitrogens is 4. The summed E-state index contributed by atoms with van der Waals surface area (Å²) < 4.78 is 40.1. The molecule has 8 heteroatoms. The summed E-state index contributed by atoms with van der Waals surface area (Å²) in [5, 5.41) is 7.96. The van der Waals surface area contributed by atoms with Gasteiger partial charge < -0.3 is 5.32 Å². The fourth-order valence-electron chi connectivity index (χ4n) is 2.89. The molecule has 2 heterocycles. The number of hydrogen-bond donors (Lipinski definition) is 1. The number of aryl methyl sites for hydroxylation is 1. The fraction of sp³-hybridized carbons (Fsp3) is 0.615. The molecule has 1 fully saturated rings. The van der Waals surface area contributed by atoms with E-state index < -0.39 is 12.1 Å². The van der Waals surface area contributed by atoms with E-state index in [9.17, 15) is 13.2 Å². The normalized spacial score (nSPS) is 23.4. The van der Waals surface area contributed by atoms with Crippen LogP contribution in [0.25, 0.3) is 11.0 Å². The van der Waals surface area contributed by atoms with Gasteiger partial charge in [0.25, 0.3) is 0 Å². The molecule has 0 saturated heterocycles. The molecule has 0 amide bonds. The van der Waals surface area contributed by atoms with Crippen LogP contribution in [0.1, 0.15) is 25.7 Å². The average molecular weight is 299 g/mol. The van der Waals surface area contributed by atoms with Crippen LogP contribution in [0.3, 0.4) is 0 Å². The van der Waals surface area contributed by atoms with E-state index >= 15 is 0 Å². The van der Waals surface area contributed by atoms with Gasteiger partial charge in [-0.3, -0.25) is 4.68 Å². The highest BCUT2D eigenvalue weighted by atomic mass is 19.4. The molecule has 5 nitrogen and oxygen atoms in total. The van der Waals surface area contributed by atoms with Gasteiger partial charge in [0, 0.05) is 13.1 Å². The van der Waals surface area contributed by atoms with Crippen LogP contribution in [0.5, 0.6) is 0 Å². The summed E-state index contributed by atoms with van der Waals surface area (Å²) in [6.07, 6.45) is 0.512. The lowest BCUT2D eigenvalue weighted by molar-refractivity contribution is -0.182. The number of halogens is 3. The summed E-state index contributed by atoms with van der Waals surface area (Å²) in [6, 6.07) is -0.219. The molecule has 114 valence electrons. The van der Waals surface area contributed by atoms with Crippen LogP contribution in [0, 0.1) is 5.92 Å². The molecule has 0 aliphatic heterocycles. The highest BCUT2D eigenvalue weighted by Crippen LogP contribution is 2.38. The van der Waals surface area contributed by atoms with Gasteiger partial charge in [0.2, 0.25) is 0 Å². The SMILES string of the molecule is Cn1ncc2c(NC3CCCC(C(F)(F)F)C3)ncnc21. The van der Waals surface area contributed by atoms with E-state index in [1.54, 1.807) is 17.9 Å². The molecule has 1 N–H and O–H groups in total. The van der Waals surface area contributed by atoms with Gasteiger partial charge in [-0.2, -0.15) is 18.3 Å². The van der Waals surface area contributed by atoms with E-state index in [0.717, 1.165) is 11.8 Å². The average Bonchev–Trinajstić information content (AvgIpc) is 2.81. The van der Waals surface area contributed by atoms with Crippen molar-refractivity contribution < 1.29 is 13.2 Å². The Morgan fingerprint density at radius 1 is 1.29 bits per heavy atom. The number of nitrogens with one attached hydrogen (secondary N) is 1. The third-order valence-corrected chi connectivity index (χ3v) is 4.01. The van der Waals surface area contributed by atoms with Crippen LogP contribution in [0.2, 0.25) is 0 Å². The van der Waals surface area contributed by atoms with Crippen LogP contribution >= 0.6 is 0 Å². The van der Waals surface area contributed by atoms with Crippen molar-refractivity contribution >= 4 is 16.9 Å². The highest BCUT2D eigenvalue weighted by Gasteiger charge is 2.42. The monoisotopic (exact) mass is 299 g/mol. The molecule has 3 rings (SSSR count). The van der Waals surface area contributed by atoms with Crippen molar-refractivity contribution in [2.45, 2.75) is 37.9 Å². The van der Waals surface area contributed by atoms with Crippen molar-refractivity contribution in [1.29, 1.82) is 0 Å². The van der Waals surface area contributed by atoms with Gasteiger partial charge in [-0.1, -0.05) is 6.42 Å². The minimum Gasteiger partial charge on any atom is -0.367 e. The zero-order valence-corrected chi connectivity index (χ0v) is 11.6. The lowest BCUT2D eigenvalue weighted by atomic mass is 9.85. The zero-order chi connectivity index (χ0) is 15.0. The van der Waals surface area contributed by atoms with E-state index in [0.29, 0.717) is 17.9 Å². The number of hydrogen-bond acceptors (Lipinski definition) is 4. The Balaban J connectivity index is 1.79. The molecule has 2 aromatic heterocycles. The van der Waals surface area contributed by atoms with E-state index in [1.165, 1.54) is 6.33 Å². The Morgan fingerprint density at radius 3 is 2.86 bits per heavy atom. The molecule has 0 bridgehead atoms. The molecule has 2 atom stereocenters. The molecule has 1 saturated carbocycles. The molecule has 0 aromatic carbocycles. The minimum absolute atomic E-state index is 0.0925. The first-order valence-corrected chi connectivity index (χ1v) is 6.91. The van der Waals surface area contributed by atoms with E-state index in [2.05, 4.69) is 20.4 Å². The molecule has 2 unspecified atom stereocenters. The molecule has 1 aliphatic rings. The van der Waals surface area contributed by atoms with Crippen molar-refractivity contribution in [1.82, 2.24) is 19.7 Å². The fourth-order valence-corrected chi connectivity index (χ4v) is 2.89. The standard InChI is InChI=1S/C13H16F3N5/c1-21-12-10(6-19-21)11(17-7-18-12)20-9-4-2-3-8(5-9)13(14,15)16/h6-9H,2-5H2,1H3,(H,17,18,20). The summed E-state index contributed by atoms with van der Waals surface area (Å²) in [6.45, 7) is 0. The van der Waals surface area contributed by atoms with Gasteiger partial charge in [-0.25, -0.2) is 9.97 Å². The number of nitrogens with zero attached hydrogens (tertiary/aromatic N) is 4. The zero-order valence-electron chi connectivity index (χ0n) is 11.6. The van der Waals surface area contributed by atoms with Crippen molar-refractivity contribution in [2.24, 2.45) is 13.0 Å². The third kappa shape index (κ3) is 2.79. The van der Waals surface area contributed by atoms with Crippen molar-refractivity contribution in [3.63, 3.8) is 0 Å². The summed E-state index contributed by atoms with van der Waals surface area (Å²) in [4.78, 5) is 8.26. The Kier molecular flexibility index (Phi) is 3.46. The number of rotatable bonds is 2. The second kappa shape index (κ2) is 5.16. The third-order valence-electron chi connectivity index (χ3n) is 4.01. The van der Waals surface area contributed by atoms with Gasteiger partial charge in [-0.15, -0.1) is 0 Å². The van der Waals surface area contributed by atoms with Crippen molar-refractivity contribution in [3.05, 3.63) is 12.5 Å².